The Balaban J connectivity index is 0.00000225. The second-order valence-electron chi connectivity index (χ2n) is 6.45. The molecule has 0 aliphatic carbocycles. The quantitative estimate of drug-likeness (QED) is 0.742. The van der Waals surface area contributed by atoms with Gasteiger partial charge < -0.3 is 20.7 Å². The maximum Gasteiger partial charge on any atom is 0.253 e. The molecule has 2 aliphatic heterocycles. The molecule has 7 heteroatoms. The molecule has 2 unspecified atom stereocenters. The van der Waals surface area contributed by atoms with Crippen LogP contribution in [0.2, 0.25) is 0 Å². The van der Waals surface area contributed by atoms with Gasteiger partial charge in [0.05, 0.1) is 5.92 Å². The second kappa shape index (κ2) is 9.75. The fourth-order valence-corrected chi connectivity index (χ4v) is 3.18. The highest BCUT2D eigenvalue weighted by molar-refractivity contribution is 5.94. The summed E-state index contributed by atoms with van der Waals surface area (Å²) < 4.78 is 5.39. The first-order valence-corrected chi connectivity index (χ1v) is 8.72. The normalized spacial score (nSPS) is 22.7. The Kier molecular flexibility index (Phi) is 7.68. The minimum atomic E-state index is -0.341. The predicted octanol–water partition coefficient (Wildman–Crippen LogP) is 1.84. The Morgan fingerprint density at radius 1 is 1.20 bits per heavy atom. The highest BCUT2D eigenvalue weighted by Crippen LogP contribution is 2.16. The van der Waals surface area contributed by atoms with Gasteiger partial charge in [0, 0.05) is 25.4 Å². The predicted molar refractivity (Wildman–Crippen MR) is 98.7 cm³/mol. The number of benzene rings is 1. The van der Waals surface area contributed by atoms with E-state index < -0.39 is 0 Å². The zero-order valence-electron chi connectivity index (χ0n) is 14.3. The highest BCUT2D eigenvalue weighted by Gasteiger charge is 2.23. The second-order valence-corrected chi connectivity index (χ2v) is 6.45. The summed E-state index contributed by atoms with van der Waals surface area (Å²) in [7, 11) is 0. The van der Waals surface area contributed by atoms with Crippen molar-refractivity contribution in [2.24, 2.45) is 5.92 Å². The summed E-state index contributed by atoms with van der Waals surface area (Å²) in [5.41, 5.74) is 1.71. The summed E-state index contributed by atoms with van der Waals surface area (Å²) in [4.78, 5) is 24.3. The van der Waals surface area contributed by atoms with Crippen molar-refractivity contribution >= 4 is 29.9 Å². The number of nitrogens with one attached hydrogen (secondary N) is 3. The summed E-state index contributed by atoms with van der Waals surface area (Å²) >= 11 is 0. The summed E-state index contributed by atoms with van der Waals surface area (Å²) in [5.74, 6) is 0.0547. The van der Waals surface area contributed by atoms with E-state index in [0.717, 1.165) is 50.0 Å². The fourth-order valence-electron chi connectivity index (χ4n) is 3.18. The molecule has 3 N–H and O–H groups in total. The number of carbonyl (C=O) groups excluding carboxylic acids is 2. The van der Waals surface area contributed by atoms with Crippen LogP contribution in [0.4, 0.5) is 5.69 Å². The molecule has 2 amide bonds. The molecule has 2 aliphatic rings. The smallest absolute Gasteiger partial charge is 0.253 e. The molecule has 2 fully saturated rings. The van der Waals surface area contributed by atoms with E-state index in [1.165, 1.54) is 0 Å². The van der Waals surface area contributed by atoms with E-state index in [9.17, 15) is 9.59 Å². The van der Waals surface area contributed by atoms with Crippen LogP contribution in [-0.4, -0.2) is 37.6 Å². The number of rotatable bonds is 5. The van der Waals surface area contributed by atoms with Crippen molar-refractivity contribution in [1.82, 2.24) is 10.6 Å². The molecule has 0 bridgehead atoms. The molecular weight excluding hydrogens is 342 g/mol. The Morgan fingerprint density at radius 2 is 2.08 bits per heavy atom. The van der Waals surface area contributed by atoms with Crippen LogP contribution >= 0.6 is 12.4 Å². The largest absolute Gasteiger partial charge is 0.368 e. The molecule has 1 aromatic rings. The maximum atomic E-state index is 12.2. The van der Waals surface area contributed by atoms with Crippen molar-refractivity contribution in [3.63, 3.8) is 0 Å². The highest BCUT2D eigenvalue weighted by atomic mass is 35.5. The molecule has 138 valence electrons. The maximum absolute atomic E-state index is 12.2. The Labute approximate surface area is 154 Å². The van der Waals surface area contributed by atoms with Gasteiger partial charge in [-0.25, -0.2) is 0 Å². The summed E-state index contributed by atoms with van der Waals surface area (Å²) in [5, 5.41) is 9.13. The lowest BCUT2D eigenvalue weighted by molar-refractivity contribution is -0.126. The number of piperidine rings is 1. The number of halogens is 1. The van der Waals surface area contributed by atoms with Crippen molar-refractivity contribution in [2.75, 3.05) is 25.0 Å². The van der Waals surface area contributed by atoms with Gasteiger partial charge >= 0.3 is 0 Å². The molecular formula is C18H26ClN3O3. The lowest BCUT2D eigenvalue weighted by atomic mass is 9.99. The molecule has 2 heterocycles. The number of hydrogen-bond acceptors (Lipinski definition) is 4. The Bertz CT molecular complexity index is 585. The zero-order chi connectivity index (χ0) is 16.8. The summed E-state index contributed by atoms with van der Waals surface area (Å²) in [6.45, 7) is 2.87. The first-order chi connectivity index (χ1) is 11.7. The van der Waals surface area contributed by atoms with E-state index in [2.05, 4.69) is 16.0 Å². The van der Waals surface area contributed by atoms with Gasteiger partial charge in [-0.05, 0) is 49.9 Å². The molecule has 1 aromatic carbocycles. The first kappa shape index (κ1) is 19.7. The monoisotopic (exact) mass is 367 g/mol. The SMILES string of the molecule is Cl.O=C(NCc1cccc(NC(=O)C2CCCO2)c1)C1CCCNC1. The lowest BCUT2D eigenvalue weighted by Crippen LogP contribution is -2.40. The van der Waals surface area contributed by atoms with Crippen LogP contribution in [0.1, 0.15) is 31.2 Å². The van der Waals surface area contributed by atoms with Gasteiger partial charge in [0.25, 0.3) is 5.91 Å². The molecule has 25 heavy (non-hydrogen) atoms. The van der Waals surface area contributed by atoms with Crippen LogP contribution in [0.5, 0.6) is 0 Å². The molecule has 0 aromatic heterocycles. The molecule has 2 atom stereocenters. The third-order valence-corrected chi connectivity index (χ3v) is 4.55. The Hall–Kier alpha value is -1.63. The zero-order valence-corrected chi connectivity index (χ0v) is 15.1. The van der Waals surface area contributed by atoms with Gasteiger partial charge in [-0.3, -0.25) is 9.59 Å². The molecule has 0 radical (unpaired) electrons. The third kappa shape index (κ3) is 5.70. The molecule has 0 spiro atoms. The van der Waals surface area contributed by atoms with Crippen molar-refractivity contribution in [1.29, 1.82) is 0 Å². The molecule has 0 saturated carbocycles. The molecule has 3 rings (SSSR count). The minimum Gasteiger partial charge on any atom is -0.368 e. The van der Waals surface area contributed by atoms with E-state index in [4.69, 9.17) is 4.74 Å². The number of carbonyl (C=O) groups is 2. The van der Waals surface area contributed by atoms with Gasteiger partial charge in [0.1, 0.15) is 6.10 Å². The number of amides is 2. The van der Waals surface area contributed by atoms with Crippen LogP contribution in [0, 0.1) is 5.92 Å². The van der Waals surface area contributed by atoms with Gasteiger partial charge in [0.2, 0.25) is 5.91 Å². The number of hydrogen-bond donors (Lipinski definition) is 3. The van der Waals surface area contributed by atoms with Gasteiger partial charge in [-0.1, -0.05) is 12.1 Å². The standard InChI is InChI=1S/C18H25N3O3.ClH/c22-17(14-5-2-8-19-12-14)20-11-13-4-1-6-15(10-13)21-18(23)16-7-3-9-24-16;/h1,4,6,10,14,16,19H,2-3,5,7-9,11-12H2,(H,20,22)(H,21,23);1H. The fraction of sp³-hybridized carbons (Fsp3) is 0.556. The topological polar surface area (TPSA) is 79.5 Å². The third-order valence-electron chi connectivity index (χ3n) is 4.55. The number of anilines is 1. The van der Waals surface area contributed by atoms with Crippen LogP contribution in [-0.2, 0) is 20.9 Å². The van der Waals surface area contributed by atoms with Gasteiger partial charge in [0.15, 0.2) is 0 Å². The van der Waals surface area contributed by atoms with Crippen LogP contribution in [0.3, 0.4) is 0 Å². The lowest BCUT2D eigenvalue weighted by Gasteiger charge is -2.22. The number of ether oxygens (including phenoxy) is 1. The minimum absolute atomic E-state index is 0. The van der Waals surface area contributed by atoms with E-state index in [0.29, 0.717) is 13.2 Å². The molecule has 2 saturated heterocycles. The van der Waals surface area contributed by atoms with E-state index in [-0.39, 0.29) is 36.2 Å². The van der Waals surface area contributed by atoms with Crippen molar-refractivity contribution in [3.05, 3.63) is 29.8 Å². The Morgan fingerprint density at radius 3 is 2.80 bits per heavy atom. The van der Waals surface area contributed by atoms with Crippen LogP contribution < -0.4 is 16.0 Å². The van der Waals surface area contributed by atoms with Crippen LogP contribution in [0.15, 0.2) is 24.3 Å². The summed E-state index contributed by atoms with van der Waals surface area (Å²) in [6, 6.07) is 7.57. The average Bonchev–Trinajstić information content (AvgIpc) is 3.15. The van der Waals surface area contributed by atoms with E-state index in [1.54, 1.807) is 0 Å². The van der Waals surface area contributed by atoms with E-state index in [1.807, 2.05) is 24.3 Å². The first-order valence-electron chi connectivity index (χ1n) is 8.72. The van der Waals surface area contributed by atoms with Crippen LogP contribution in [0.25, 0.3) is 0 Å². The van der Waals surface area contributed by atoms with Gasteiger partial charge in [-0.2, -0.15) is 0 Å². The summed E-state index contributed by atoms with van der Waals surface area (Å²) in [6.07, 6.45) is 3.35. The van der Waals surface area contributed by atoms with E-state index >= 15 is 0 Å². The van der Waals surface area contributed by atoms with Crippen molar-refractivity contribution < 1.29 is 14.3 Å². The van der Waals surface area contributed by atoms with Gasteiger partial charge in [-0.15, -0.1) is 12.4 Å². The van der Waals surface area contributed by atoms with Crippen molar-refractivity contribution in [2.45, 2.75) is 38.3 Å². The molecule has 6 nitrogen and oxygen atoms in total. The van der Waals surface area contributed by atoms with Crippen molar-refractivity contribution in [3.8, 4) is 0 Å². The average molecular weight is 368 g/mol.